The quantitative estimate of drug-likeness (QED) is 0.666. The van der Waals surface area contributed by atoms with Crippen molar-refractivity contribution in [1.29, 1.82) is 0 Å². The first kappa shape index (κ1) is 25.3. The zero-order chi connectivity index (χ0) is 23.4. The fraction of sp³-hybridized carbons (Fsp3) is 0.652. The Morgan fingerprint density at radius 3 is 2.35 bits per heavy atom. The van der Waals surface area contributed by atoms with Gasteiger partial charge in [-0.2, -0.15) is 4.31 Å². The van der Waals surface area contributed by atoms with Crippen LogP contribution in [0.25, 0.3) is 0 Å². The maximum atomic E-state index is 13.3. The second-order valence-corrected chi connectivity index (χ2v) is 11.3. The van der Waals surface area contributed by atoms with Gasteiger partial charge in [0.2, 0.25) is 21.8 Å². The molecule has 1 heterocycles. The van der Waals surface area contributed by atoms with E-state index in [0.29, 0.717) is 24.3 Å². The lowest BCUT2D eigenvalue weighted by molar-refractivity contribution is -0.131. The zero-order valence-electron chi connectivity index (χ0n) is 19.6. The van der Waals surface area contributed by atoms with E-state index in [9.17, 15) is 18.0 Å². The van der Waals surface area contributed by atoms with Gasteiger partial charge in [0, 0.05) is 25.6 Å². The van der Waals surface area contributed by atoms with Crippen molar-refractivity contribution in [2.45, 2.75) is 77.2 Å². The molecule has 0 saturated carbocycles. The minimum atomic E-state index is -3.63. The number of rotatable bonds is 7. The Labute approximate surface area is 187 Å². The van der Waals surface area contributed by atoms with Crippen LogP contribution in [-0.2, 0) is 25.0 Å². The summed E-state index contributed by atoms with van der Waals surface area (Å²) in [6.45, 7) is 12.8. The number of benzene rings is 1. The van der Waals surface area contributed by atoms with Crippen LogP contribution in [0.5, 0.6) is 0 Å². The lowest BCUT2D eigenvalue weighted by Crippen LogP contribution is -2.49. The van der Waals surface area contributed by atoms with Crippen molar-refractivity contribution in [2.75, 3.05) is 19.6 Å². The van der Waals surface area contributed by atoms with Crippen LogP contribution in [0, 0.1) is 12.8 Å². The van der Waals surface area contributed by atoms with Gasteiger partial charge in [-0.3, -0.25) is 9.59 Å². The summed E-state index contributed by atoms with van der Waals surface area (Å²) in [5.41, 5.74) is 1.55. The molecule has 1 aromatic carbocycles. The third kappa shape index (κ3) is 6.29. The summed E-state index contributed by atoms with van der Waals surface area (Å²) >= 11 is 0. The van der Waals surface area contributed by atoms with E-state index in [1.807, 2.05) is 26.0 Å². The average Bonchev–Trinajstić information content (AvgIpc) is 2.71. The molecule has 7 nitrogen and oxygen atoms in total. The number of piperidine rings is 1. The van der Waals surface area contributed by atoms with Crippen molar-refractivity contribution >= 4 is 21.8 Å². The second-order valence-electron chi connectivity index (χ2n) is 9.43. The molecule has 1 atom stereocenters. The molecule has 174 valence electrons. The number of nitrogens with one attached hydrogen (secondary N) is 2. The van der Waals surface area contributed by atoms with E-state index in [1.165, 1.54) is 4.31 Å². The number of aryl methyl sites for hydroxylation is 1. The fourth-order valence-corrected chi connectivity index (χ4v) is 5.36. The first-order valence-electron chi connectivity index (χ1n) is 11.1. The van der Waals surface area contributed by atoms with E-state index in [0.717, 1.165) is 17.5 Å². The Morgan fingerprint density at radius 2 is 1.81 bits per heavy atom. The van der Waals surface area contributed by atoms with E-state index >= 15 is 0 Å². The molecule has 1 aromatic rings. The molecule has 1 fully saturated rings. The molecule has 1 unspecified atom stereocenters. The molecule has 1 saturated heterocycles. The highest BCUT2D eigenvalue weighted by Crippen LogP contribution is 2.30. The number of sulfonamides is 1. The predicted molar refractivity (Wildman–Crippen MR) is 122 cm³/mol. The smallest absolute Gasteiger partial charge is 0.243 e. The van der Waals surface area contributed by atoms with Gasteiger partial charge in [-0.15, -0.1) is 0 Å². The number of carbonyl (C=O) groups excluding carboxylic acids is 2. The first-order valence-corrected chi connectivity index (χ1v) is 12.5. The summed E-state index contributed by atoms with van der Waals surface area (Å²) in [6.07, 6.45) is 1.70. The molecule has 2 rings (SSSR count). The number of nitrogens with zero attached hydrogens (tertiary/aromatic N) is 1. The molecule has 8 heteroatoms. The van der Waals surface area contributed by atoms with Gasteiger partial charge in [0.1, 0.15) is 6.04 Å². The molecule has 0 spiro atoms. The highest BCUT2D eigenvalue weighted by molar-refractivity contribution is 7.89. The van der Waals surface area contributed by atoms with Gasteiger partial charge in [-0.1, -0.05) is 39.8 Å². The molecule has 0 bridgehead atoms. The number of hydrogen-bond acceptors (Lipinski definition) is 4. The minimum Gasteiger partial charge on any atom is -0.354 e. The van der Waals surface area contributed by atoms with Crippen molar-refractivity contribution < 1.29 is 18.0 Å². The monoisotopic (exact) mass is 451 g/mol. The Bertz CT molecular complexity index is 898. The normalized spacial score (nSPS) is 17.2. The molecule has 1 aliphatic rings. The van der Waals surface area contributed by atoms with Crippen molar-refractivity contribution in [3.63, 3.8) is 0 Å². The number of amides is 2. The zero-order valence-corrected chi connectivity index (χ0v) is 20.4. The minimum absolute atomic E-state index is 0.150. The summed E-state index contributed by atoms with van der Waals surface area (Å²) in [7, 11) is -3.63. The summed E-state index contributed by atoms with van der Waals surface area (Å²) in [4.78, 5) is 24.9. The van der Waals surface area contributed by atoms with Crippen LogP contribution in [0.4, 0.5) is 0 Å². The van der Waals surface area contributed by atoms with E-state index < -0.39 is 16.1 Å². The van der Waals surface area contributed by atoms with Crippen LogP contribution >= 0.6 is 0 Å². The van der Waals surface area contributed by atoms with Gasteiger partial charge >= 0.3 is 0 Å². The maximum absolute atomic E-state index is 13.3. The first-order chi connectivity index (χ1) is 14.4. The Balaban J connectivity index is 2.04. The molecule has 0 aliphatic carbocycles. The average molecular weight is 452 g/mol. The van der Waals surface area contributed by atoms with Crippen molar-refractivity contribution in [3.8, 4) is 0 Å². The van der Waals surface area contributed by atoms with E-state index in [2.05, 4.69) is 31.4 Å². The summed E-state index contributed by atoms with van der Waals surface area (Å²) in [5, 5.41) is 5.52. The standard InChI is InChI=1S/C23H37N3O4S/c1-7-12-24-21(27)17(3)25-22(28)18-10-13-26(14-11-18)31(29,30)20-15-19(23(4,5)6)9-8-16(20)2/h8-9,15,17-18H,7,10-14H2,1-6H3,(H,24,27)(H,25,28). The van der Waals surface area contributed by atoms with Gasteiger partial charge in [-0.25, -0.2) is 8.42 Å². The number of hydrogen-bond donors (Lipinski definition) is 2. The van der Waals surface area contributed by atoms with E-state index in [1.54, 1.807) is 13.0 Å². The van der Waals surface area contributed by atoms with Crippen molar-refractivity contribution in [1.82, 2.24) is 14.9 Å². The van der Waals surface area contributed by atoms with Crippen LogP contribution in [0.2, 0.25) is 0 Å². The lowest BCUT2D eigenvalue weighted by Gasteiger charge is -2.32. The summed E-state index contributed by atoms with van der Waals surface area (Å²) in [5.74, 6) is -0.693. The largest absolute Gasteiger partial charge is 0.354 e. The van der Waals surface area contributed by atoms with Gasteiger partial charge < -0.3 is 10.6 Å². The molecule has 0 aromatic heterocycles. The SMILES string of the molecule is CCCNC(=O)C(C)NC(=O)C1CCN(S(=O)(=O)c2cc(C(C)(C)C)ccc2C)CC1. The maximum Gasteiger partial charge on any atom is 0.243 e. The second kappa shape index (κ2) is 10.1. The highest BCUT2D eigenvalue weighted by atomic mass is 32.2. The molecule has 1 aliphatic heterocycles. The van der Waals surface area contributed by atoms with Crippen molar-refractivity contribution in [2.24, 2.45) is 5.92 Å². The topological polar surface area (TPSA) is 95.6 Å². The van der Waals surface area contributed by atoms with Gasteiger partial charge in [0.25, 0.3) is 0 Å². The number of carbonyl (C=O) groups is 2. The summed E-state index contributed by atoms with van der Waals surface area (Å²) in [6, 6.07) is 5.00. The lowest BCUT2D eigenvalue weighted by atomic mass is 9.87. The van der Waals surface area contributed by atoms with Gasteiger partial charge in [-0.05, 0) is 55.7 Å². The van der Waals surface area contributed by atoms with Crippen LogP contribution in [0.3, 0.4) is 0 Å². The molecular weight excluding hydrogens is 414 g/mol. The van der Waals surface area contributed by atoms with Crippen LogP contribution < -0.4 is 10.6 Å². The van der Waals surface area contributed by atoms with Crippen LogP contribution in [-0.4, -0.2) is 50.2 Å². The van der Waals surface area contributed by atoms with Crippen LogP contribution in [0.1, 0.15) is 65.0 Å². The molecule has 0 radical (unpaired) electrons. The van der Waals surface area contributed by atoms with Crippen LogP contribution in [0.15, 0.2) is 23.1 Å². The highest BCUT2D eigenvalue weighted by Gasteiger charge is 2.34. The Hall–Kier alpha value is -1.93. The molecule has 2 amide bonds. The third-order valence-electron chi connectivity index (χ3n) is 5.80. The Kier molecular flexibility index (Phi) is 8.27. The van der Waals surface area contributed by atoms with Crippen molar-refractivity contribution in [3.05, 3.63) is 29.3 Å². The van der Waals surface area contributed by atoms with Gasteiger partial charge in [0.15, 0.2) is 0 Å². The molecule has 2 N–H and O–H groups in total. The van der Waals surface area contributed by atoms with E-state index in [-0.39, 0.29) is 36.2 Å². The Morgan fingerprint density at radius 1 is 1.19 bits per heavy atom. The molecular formula is C23H37N3O4S. The molecule has 31 heavy (non-hydrogen) atoms. The fourth-order valence-electron chi connectivity index (χ4n) is 3.64. The van der Waals surface area contributed by atoms with E-state index in [4.69, 9.17) is 0 Å². The predicted octanol–water partition coefficient (Wildman–Crippen LogP) is 2.72. The summed E-state index contributed by atoms with van der Waals surface area (Å²) < 4.78 is 28.1. The van der Waals surface area contributed by atoms with Gasteiger partial charge in [0.05, 0.1) is 4.90 Å². The third-order valence-corrected chi connectivity index (χ3v) is 7.84.